The van der Waals surface area contributed by atoms with Gasteiger partial charge in [-0.15, -0.1) is 0 Å². The fourth-order valence-corrected chi connectivity index (χ4v) is 2.33. The first kappa shape index (κ1) is 12.7. The first-order valence-corrected chi connectivity index (χ1v) is 6.49. The molecule has 0 amide bonds. The summed E-state index contributed by atoms with van der Waals surface area (Å²) < 4.78 is 25.5. The van der Waals surface area contributed by atoms with E-state index in [1.54, 1.807) is 24.3 Å². The lowest BCUT2D eigenvalue weighted by molar-refractivity contribution is 0.582. The molecule has 1 aromatic carbocycles. The zero-order valence-electron chi connectivity index (χ0n) is 8.81. The van der Waals surface area contributed by atoms with Gasteiger partial charge in [0.15, 0.2) is 0 Å². The Morgan fingerprint density at radius 3 is 2.50 bits per heavy atom. The molecule has 0 aliphatic carbocycles. The third kappa shape index (κ3) is 4.90. The van der Waals surface area contributed by atoms with Crippen LogP contribution in [0, 0.1) is 5.41 Å². The van der Waals surface area contributed by atoms with E-state index in [0.29, 0.717) is 0 Å². The molecule has 0 saturated carbocycles. The van der Waals surface area contributed by atoms with Gasteiger partial charge in [0.2, 0.25) is 10.0 Å². The van der Waals surface area contributed by atoms with Gasteiger partial charge in [0.25, 0.3) is 0 Å². The van der Waals surface area contributed by atoms with Gasteiger partial charge < -0.3 is 5.73 Å². The van der Waals surface area contributed by atoms with Gasteiger partial charge in [-0.05, 0) is 5.56 Å². The van der Waals surface area contributed by atoms with E-state index in [2.05, 4.69) is 4.72 Å². The van der Waals surface area contributed by atoms with Crippen molar-refractivity contribution in [3.05, 3.63) is 35.9 Å². The molecule has 5 nitrogen and oxygen atoms in total. The van der Waals surface area contributed by atoms with E-state index in [0.717, 1.165) is 5.56 Å². The van der Waals surface area contributed by atoms with E-state index in [-0.39, 0.29) is 24.6 Å². The van der Waals surface area contributed by atoms with Crippen LogP contribution in [0.2, 0.25) is 0 Å². The zero-order valence-corrected chi connectivity index (χ0v) is 9.63. The summed E-state index contributed by atoms with van der Waals surface area (Å²) in [7, 11) is -3.33. The van der Waals surface area contributed by atoms with Crippen LogP contribution < -0.4 is 10.5 Å². The molecule has 0 unspecified atom stereocenters. The average molecular weight is 241 g/mol. The summed E-state index contributed by atoms with van der Waals surface area (Å²) in [5.41, 5.74) is 5.86. The Bertz CT molecular complexity index is 442. The second kappa shape index (κ2) is 5.62. The standard InChI is InChI=1S/C10H15N3O2S/c11-10(12)6-7-13-16(14,15)8-9-4-2-1-3-5-9/h1-5,13H,6-8H2,(H3,11,12). The predicted molar refractivity (Wildman–Crippen MR) is 63.6 cm³/mol. The van der Waals surface area contributed by atoms with Crippen molar-refractivity contribution in [2.75, 3.05) is 6.54 Å². The second-order valence-corrected chi connectivity index (χ2v) is 5.22. The average Bonchev–Trinajstić information content (AvgIpc) is 2.17. The van der Waals surface area contributed by atoms with Crippen LogP contribution in [0.25, 0.3) is 0 Å². The molecule has 0 saturated heterocycles. The van der Waals surface area contributed by atoms with Crippen molar-refractivity contribution in [3.63, 3.8) is 0 Å². The lowest BCUT2D eigenvalue weighted by atomic mass is 10.2. The summed E-state index contributed by atoms with van der Waals surface area (Å²) in [5, 5.41) is 6.97. The van der Waals surface area contributed by atoms with Crippen LogP contribution in [0.1, 0.15) is 12.0 Å². The largest absolute Gasteiger partial charge is 0.388 e. The Labute approximate surface area is 95.2 Å². The van der Waals surface area contributed by atoms with E-state index in [1.807, 2.05) is 6.07 Å². The first-order chi connectivity index (χ1) is 7.49. The van der Waals surface area contributed by atoms with Crippen molar-refractivity contribution < 1.29 is 8.42 Å². The Morgan fingerprint density at radius 2 is 1.94 bits per heavy atom. The molecule has 1 rings (SSSR count). The molecule has 0 aliphatic heterocycles. The van der Waals surface area contributed by atoms with Crippen molar-refractivity contribution in [1.82, 2.24) is 4.72 Å². The van der Waals surface area contributed by atoms with Gasteiger partial charge in [-0.2, -0.15) is 0 Å². The quantitative estimate of drug-likeness (QED) is 0.498. The highest BCUT2D eigenvalue weighted by Crippen LogP contribution is 2.03. The fraction of sp³-hybridized carbons (Fsp3) is 0.300. The van der Waals surface area contributed by atoms with Crippen LogP contribution in [-0.4, -0.2) is 20.8 Å². The summed E-state index contributed by atoms with van der Waals surface area (Å²) in [6, 6.07) is 8.93. The summed E-state index contributed by atoms with van der Waals surface area (Å²) in [5.74, 6) is -0.0754. The van der Waals surface area contributed by atoms with Gasteiger partial charge >= 0.3 is 0 Å². The highest BCUT2D eigenvalue weighted by molar-refractivity contribution is 7.88. The van der Waals surface area contributed by atoms with Gasteiger partial charge in [0.05, 0.1) is 11.6 Å². The monoisotopic (exact) mass is 241 g/mol. The molecular formula is C10H15N3O2S. The molecule has 4 N–H and O–H groups in total. The smallest absolute Gasteiger partial charge is 0.215 e. The van der Waals surface area contributed by atoms with E-state index in [1.165, 1.54) is 0 Å². The molecule has 0 heterocycles. The van der Waals surface area contributed by atoms with E-state index in [9.17, 15) is 8.42 Å². The number of nitrogens with one attached hydrogen (secondary N) is 2. The molecule has 6 heteroatoms. The Balaban J connectivity index is 2.49. The van der Waals surface area contributed by atoms with Gasteiger partial charge in [0, 0.05) is 13.0 Å². The Hall–Kier alpha value is -1.40. The molecule has 0 aliphatic rings. The van der Waals surface area contributed by atoms with Crippen molar-refractivity contribution in [2.24, 2.45) is 5.73 Å². The van der Waals surface area contributed by atoms with E-state index in [4.69, 9.17) is 11.1 Å². The topological polar surface area (TPSA) is 96.0 Å². The van der Waals surface area contributed by atoms with E-state index >= 15 is 0 Å². The first-order valence-electron chi connectivity index (χ1n) is 4.84. The number of hydrogen-bond acceptors (Lipinski definition) is 3. The molecular weight excluding hydrogens is 226 g/mol. The molecule has 0 atom stereocenters. The van der Waals surface area contributed by atoms with Gasteiger partial charge in [-0.25, -0.2) is 13.1 Å². The second-order valence-electron chi connectivity index (χ2n) is 3.41. The maximum absolute atomic E-state index is 11.6. The number of amidine groups is 1. The minimum Gasteiger partial charge on any atom is -0.388 e. The highest BCUT2D eigenvalue weighted by Gasteiger charge is 2.10. The molecule has 0 spiro atoms. The maximum atomic E-state index is 11.6. The lowest BCUT2D eigenvalue weighted by Gasteiger charge is -2.05. The Morgan fingerprint density at radius 1 is 1.31 bits per heavy atom. The molecule has 0 radical (unpaired) electrons. The number of rotatable bonds is 6. The van der Waals surface area contributed by atoms with Gasteiger partial charge in [-0.3, -0.25) is 5.41 Å². The summed E-state index contributed by atoms with van der Waals surface area (Å²) in [6.45, 7) is 0.171. The Kier molecular flexibility index (Phi) is 4.45. The van der Waals surface area contributed by atoms with Crippen molar-refractivity contribution in [1.29, 1.82) is 5.41 Å². The van der Waals surface area contributed by atoms with Crippen LogP contribution in [0.3, 0.4) is 0 Å². The van der Waals surface area contributed by atoms with E-state index < -0.39 is 10.0 Å². The highest BCUT2D eigenvalue weighted by atomic mass is 32.2. The minimum absolute atomic E-state index is 0.0255. The molecule has 0 bridgehead atoms. The predicted octanol–water partition coefficient (Wildman–Crippen LogP) is 0.432. The van der Waals surface area contributed by atoms with Gasteiger partial charge in [0.1, 0.15) is 0 Å². The summed E-state index contributed by atoms with van der Waals surface area (Å²) in [4.78, 5) is 0. The normalized spacial score (nSPS) is 11.2. The van der Waals surface area contributed by atoms with Crippen molar-refractivity contribution in [2.45, 2.75) is 12.2 Å². The third-order valence-corrected chi connectivity index (χ3v) is 3.27. The summed E-state index contributed by atoms with van der Waals surface area (Å²) in [6.07, 6.45) is 0.230. The third-order valence-electron chi connectivity index (χ3n) is 1.92. The number of benzene rings is 1. The molecule has 1 aromatic rings. The zero-order chi connectivity index (χ0) is 12.0. The van der Waals surface area contributed by atoms with Crippen LogP contribution >= 0.6 is 0 Å². The fourth-order valence-electron chi connectivity index (χ4n) is 1.19. The molecule has 88 valence electrons. The van der Waals surface area contributed by atoms with Gasteiger partial charge in [-0.1, -0.05) is 30.3 Å². The molecule has 16 heavy (non-hydrogen) atoms. The van der Waals surface area contributed by atoms with Crippen LogP contribution in [0.5, 0.6) is 0 Å². The molecule has 0 fully saturated rings. The lowest BCUT2D eigenvalue weighted by Crippen LogP contribution is -2.28. The maximum Gasteiger partial charge on any atom is 0.215 e. The van der Waals surface area contributed by atoms with Crippen LogP contribution in [0.4, 0.5) is 0 Å². The number of sulfonamides is 1. The number of nitrogens with two attached hydrogens (primary N) is 1. The minimum atomic E-state index is -3.33. The summed E-state index contributed by atoms with van der Waals surface area (Å²) >= 11 is 0. The van der Waals surface area contributed by atoms with Crippen molar-refractivity contribution in [3.8, 4) is 0 Å². The van der Waals surface area contributed by atoms with Crippen LogP contribution in [-0.2, 0) is 15.8 Å². The SMILES string of the molecule is N=C(N)CCNS(=O)(=O)Cc1ccccc1. The van der Waals surface area contributed by atoms with Crippen LogP contribution in [0.15, 0.2) is 30.3 Å². The molecule has 0 aromatic heterocycles. The number of hydrogen-bond donors (Lipinski definition) is 3. The van der Waals surface area contributed by atoms with Crippen molar-refractivity contribution >= 4 is 15.9 Å².